The van der Waals surface area contributed by atoms with E-state index in [1.807, 2.05) is 0 Å². The van der Waals surface area contributed by atoms with Crippen molar-refractivity contribution in [1.82, 2.24) is 4.98 Å². The summed E-state index contributed by atoms with van der Waals surface area (Å²) in [5, 5.41) is 8.77. The van der Waals surface area contributed by atoms with Crippen molar-refractivity contribution >= 4 is 29.1 Å². The lowest BCUT2D eigenvalue weighted by atomic mass is 10.3. The summed E-state index contributed by atoms with van der Waals surface area (Å²) < 4.78 is 36.1. The Hall–Kier alpha value is -0.760. The van der Waals surface area contributed by atoms with E-state index < -0.39 is 18.6 Å². The fourth-order valence-electron chi connectivity index (χ4n) is 1.06. The monoisotopic (exact) mass is 285 g/mol. The maximum atomic E-state index is 11.9. The molecule has 3 nitrogen and oxygen atoms in total. The molecule has 96 valence electrons. The quantitative estimate of drug-likeness (QED) is 0.663. The van der Waals surface area contributed by atoms with Gasteiger partial charge in [0.15, 0.2) is 4.34 Å². The van der Waals surface area contributed by atoms with Gasteiger partial charge >= 0.3 is 12.1 Å². The number of thiazole rings is 1. The number of aryl methyl sites for hydroxylation is 1. The largest absolute Gasteiger partial charge is 0.477 e. The predicted octanol–water partition coefficient (Wildman–Crippen LogP) is 3.58. The first-order valence-electron chi connectivity index (χ1n) is 4.70. The Kier molecular flexibility index (Phi) is 4.81. The third kappa shape index (κ3) is 4.95. The number of carboxylic acids is 1. The Morgan fingerprint density at radius 3 is 2.65 bits per heavy atom. The summed E-state index contributed by atoms with van der Waals surface area (Å²) in [6, 6.07) is 0. The van der Waals surface area contributed by atoms with E-state index in [0.29, 0.717) is 10.0 Å². The fraction of sp³-hybridized carbons (Fsp3) is 0.556. The van der Waals surface area contributed by atoms with Crippen molar-refractivity contribution in [3.05, 3.63) is 10.6 Å². The number of carboxylic acid groups (broad SMARTS) is 1. The SMILES string of the molecule is Cc1nc(SCCCC(F)(F)F)sc1C(=O)O. The third-order valence-corrected chi connectivity index (χ3v) is 4.18. The lowest BCUT2D eigenvalue weighted by Crippen LogP contribution is -2.06. The van der Waals surface area contributed by atoms with Crippen LogP contribution in [0.25, 0.3) is 0 Å². The molecule has 0 atom stereocenters. The number of rotatable bonds is 5. The van der Waals surface area contributed by atoms with Gasteiger partial charge < -0.3 is 5.11 Å². The van der Waals surface area contributed by atoms with Gasteiger partial charge in [0.1, 0.15) is 4.88 Å². The van der Waals surface area contributed by atoms with Gasteiger partial charge in [0.25, 0.3) is 0 Å². The van der Waals surface area contributed by atoms with Crippen LogP contribution in [0, 0.1) is 6.92 Å². The highest BCUT2D eigenvalue weighted by Gasteiger charge is 2.26. The topological polar surface area (TPSA) is 50.2 Å². The van der Waals surface area contributed by atoms with Crippen molar-refractivity contribution in [2.45, 2.75) is 30.3 Å². The van der Waals surface area contributed by atoms with E-state index in [9.17, 15) is 18.0 Å². The average molecular weight is 285 g/mol. The molecule has 1 N–H and O–H groups in total. The van der Waals surface area contributed by atoms with Gasteiger partial charge in [-0.15, -0.1) is 11.3 Å². The third-order valence-electron chi connectivity index (χ3n) is 1.80. The summed E-state index contributed by atoms with van der Waals surface area (Å²) in [4.78, 5) is 14.8. The minimum absolute atomic E-state index is 0.00913. The van der Waals surface area contributed by atoms with E-state index >= 15 is 0 Å². The molecule has 0 bridgehead atoms. The van der Waals surface area contributed by atoms with Crippen LogP contribution < -0.4 is 0 Å². The molecule has 0 aromatic carbocycles. The summed E-state index contributed by atoms with van der Waals surface area (Å²) in [6.45, 7) is 1.57. The molecule has 1 heterocycles. The van der Waals surface area contributed by atoms with Crippen LogP contribution in [0.15, 0.2) is 4.34 Å². The second kappa shape index (κ2) is 5.72. The molecule has 1 aromatic heterocycles. The van der Waals surface area contributed by atoms with E-state index in [4.69, 9.17) is 5.11 Å². The molecule has 0 saturated heterocycles. The van der Waals surface area contributed by atoms with Crippen LogP contribution in [-0.4, -0.2) is 28.0 Å². The molecule has 0 amide bonds. The minimum atomic E-state index is -4.13. The van der Waals surface area contributed by atoms with Gasteiger partial charge in [0.2, 0.25) is 0 Å². The van der Waals surface area contributed by atoms with E-state index in [0.717, 1.165) is 23.1 Å². The van der Waals surface area contributed by atoms with Gasteiger partial charge in [0, 0.05) is 12.2 Å². The highest BCUT2D eigenvalue weighted by Crippen LogP contribution is 2.29. The molecule has 0 fully saturated rings. The highest BCUT2D eigenvalue weighted by atomic mass is 32.2. The fourth-order valence-corrected chi connectivity index (χ4v) is 3.10. The number of carbonyl (C=O) groups is 1. The van der Waals surface area contributed by atoms with E-state index in [2.05, 4.69) is 4.98 Å². The number of halogens is 3. The van der Waals surface area contributed by atoms with Crippen molar-refractivity contribution in [2.24, 2.45) is 0 Å². The van der Waals surface area contributed by atoms with Crippen LogP contribution in [0.1, 0.15) is 28.2 Å². The second-order valence-corrected chi connectivity index (χ2v) is 5.61. The maximum Gasteiger partial charge on any atom is 0.389 e. The van der Waals surface area contributed by atoms with Crippen LogP contribution in [0.2, 0.25) is 0 Å². The zero-order chi connectivity index (χ0) is 13.1. The standard InChI is InChI=1S/C9H10F3NO2S2/c1-5-6(7(14)15)17-8(13-5)16-4-2-3-9(10,11)12/h2-4H2,1H3,(H,14,15). The molecular weight excluding hydrogens is 275 g/mol. The summed E-state index contributed by atoms with van der Waals surface area (Å²) in [6.07, 6.45) is -4.95. The van der Waals surface area contributed by atoms with E-state index in [-0.39, 0.29) is 17.1 Å². The normalized spacial score (nSPS) is 11.8. The van der Waals surface area contributed by atoms with E-state index in [1.165, 1.54) is 0 Å². The number of thioether (sulfide) groups is 1. The summed E-state index contributed by atoms with van der Waals surface area (Å²) in [5.74, 6) is -0.770. The number of nitrogens with zero attached hydrogens (tertiary/aromatic N) is 1. The first kappa shape index (κ1) is 14.3. The zero-order valence-corrected chi connectivity index (χ0v) is 10.5. The van der Waals surface area contributed by atoms with Crippen LogP contribution in [0.3, 0.4) is 0 Å². The first-order chi connectivity index (χ1) is 7.79. The molecule has 0 aliphatic carbocycles. The minimum Gasteiger partial charge on any atom is -0.477 e. The molecule has 0 unspecified atom stereocenters. The Morgan fingerprint density at radius 2 is 2.18 bits per heavy atom. The van der Waals surface area contributed by atoms with Crippen molar-refractivity contribution < 1.29 is 23.1 Å². The van der Waals surface area contributed by atoms with Gasteiger partial charge in [0.05, 0.1) is 5.69 Å². The smallest absolute Gasteiger partial charge is 0.389 e. The molecule has 1 aromatic rings. The van der Waals surface area contributed by atoms with Crippen LogP contribution in [-0.2, 0) is 0 Å². The number of aromatic carboxylic acids is 1. The Balaban J connectivity index is 2.43. The van der Waals surface area contributed by atoms with Gasteiger partial charge in [-0.25, -0.2) is 9.78 Å². The number of alkyl halides is 3. The van der Waals surface area contributed by atoms with Crippen LogP contribution in [0.4, 0.5) is 13.2 Å². The van der Waals surface area contributed by atoms with Crippen LogP contribution >= 0.6 is 23.1 Å². The first-order valence-corrected chi connectivity index (χ1v) is 6.50. The van der Waals surface area contributed by atoms with Gasteiger partial charge in [-0.05, 0) is 13.3 Å². The van der Waals surface area contributed by atoms with Crippen LogP contribution in [0.5, 0.6) is 0 Å². The summed E-state index contributed by atoms with van der Waals surface area (Å²) >= 11 is 2.15. The molecule has 1 rings (SSSR count). The molecule has 0 aliphatic heterocycles. The molecule has 0 radical (unpaired) electrons. The van der Waals surface area contributed by atoms with E-state index in [1.54, 1.807) is 6.92 Å². The summed E-state index contributed by atoms with van der Waals surface area (Å²) in [7, 11) is 0. The lowest BCUT2D eigenvalue weighted by Gasteiger charge is -2.03. The number of aromatic nitrogens is 1. The second-order valence-electron chi connectivity index (χ2n) is 3.27. The molecule has 0 saturated carbocycles. The van der Waals surface area contributed by atoms with Gasteiger partial charge in [-0.1, -0.05) is 11.8 Å². The Bertz CT molecular complexity index is 403. The maximum absolute atomic E-state index is 11.9. The molecule has 17 heavy (non-hydrogen) atoms. The van der Waals surface area contributed by atoms with Crippen molar-refractivity contribution in [3.8, 4) is 0 Å². The lowest BCUT2D eigenvalue weighted by molar-refractivity contribution is -0.134. The molecule has 0 aliphatic rings. The molecule has 8 heteroatoms. The summed E-state index contributed by atoms with van der Waals surface area (Å²) in [5.41, 5.74) is 0.404. The predicted molar refractivity (Wildman–Crippen MR) is 59.8 cm³/mol. The van der Waals surface area contributed by atoms with Gasteiger partial charge in [-0.3, -0.25) is 0 Å². The average Bonchev–Trinajstić information content (AvgIpc) is 2.53. The van der Waals surface area contributed by atoms with Crippen molar-refractivity contribution in [2.75, 3.05) is 5.75 Å². The Morgan fingerprint density at radius 1 is 1.53 bits per heavy atom. The van der Waals surface area contributed by atoms with Crippen molar-refractivity contribution in [1.29, 1.82) is 0 Å². The van der Waals surface area contributed by atoms with Crippen molar-refractivity contribution in [3.63, 3.8) is 0 Å². The molecular formula is C9H10F3NO2S2. The molecule has 0 spiro atoms. The highest BCUT2D eigenvalue weighted by molar-refractivity contribution is 8.01. The number of hydrogen-bond acceptors (Lipinski definition) is 4. The zero-order valence-electron chi connectivity index (χ0n) is 8.87. The Labute approximate surface area is 104 Å². The van der Waals surface area contributed by atoms with Gasteiger partial charge in [-0.2, -0.15) is 13.2 Å². The number of hydrogen-bond donors (Lipinski definition) is 1.